The Morgan fingerprint density at radius 3 is 2.56 bits per heavy atom. The van der Waals surface area contributed by atoms with Crippen molar-refractivity contribution in [1.29, 1.82) is 0 Å². The second-order valence-electron chi connectivity index (χ2n) is 7.08. The van der Waals surface area contributed by atoms with E-state index < -0.39 is 11.6 Å². The summed E-state index contributed by atoms with van der Waals surface area (Å²) in [6.45, 7) is 5.32. The van der Waals surface area contributed by atoms with Gasteiger partial charge in [0.05, 0.1) is 11.7 Å². The summed E-state index contributed by atoms with van der Waals surface area (Å²) in [6.07, 6.45) is 7.96. The van der Waals surface area contributed by atoms with E-state index in [1.807, 2.05) is 19.9 Å². The fourth-order valence-corrected chi connectivity index (χ4v) is 3.61. The monoisotopic (exact) mass is 438 g/mol. The molecule has 1 aromatic carbocycles. The van der Waals surface area contributed by atoms with Gasteiger partial charge in [-0.15, -0.1) is 0 Å². The summed E-state index contributed by atoms with van der Waals surface area (Å²) in [6, 6.07) is 5.18. The van der Waals surface area contributed by atoms with Gasteiger partial charge in [0, 0.05) is 50.6 Å². The van der Waals surface area contributed by atoms with Crippen molar-refractivity contribution in [2.24, 2.45) is 0 Å². The lowest BCUT2D eigenvalue weighted by Gasteiger charge is -2.33. The number of aromatic amines is 1. The standard InChI is InChI=1S/C21H18F2N6O.C2H6/c22-13-1-2-18(15(23)11-13)30-14-4-9-29(10-5-14)21-19(20-25-7-8-26-20)27-17-12-24-6-3-16(17)28-21;1-2/h1-3,6-8,11-12,14H,4-5,9-10H2,(H,25,26);1-2H3. The lowest BCUT2D eigenvalue weighted by Crippen LogP contribution is -2.39. The van der Waals surface area contributed by atoms with Crippen LogP contribution < -0.4 is 9.64 Å². The highest BCUT2D eigenvalue weighted by Gasteiger charge is 2.26. The normalized spacial score (nSPS) is 14.2. The van der Waals surface area contributed by atoms with E-state index in [0.29, 0.717) is 43.0 Å². The lowest BCUT2D eigenvalue weighted by molar-refractivity contribution is 0.163. The van der Waals surface area contributed by atoms with E-state index in [-0.39, 0.29) is 11.9 Å². The quantitative estimate of drug-likeness (QED) is 0.495. The van der Waals surface area contributed by atoms with Crippen LogP contribution in [0.3, 0.4) is 0 Å². The molecule has 0 bridgehead atoms. The summed E-state index contributed by atoms with van der Waals surface area (Å²) in [5.41, 5.74) is 2.10. The van der Waals surface area contributed by atoms with E-state index in [2.05, 4.69) is 19.9 Å². The molecule has 0 saturated carbocycles. The maximum atomic E-state index is 13.9. The van der Waals surface area contributed by atoms with Crippen LogP contribution in [0.25, 0.3) is 22.6 Å². The number of pyridine rings is 1. The summed E-state index contributed by atoms with van der Waals surface area (Å²) in [4.78, 5) is 23.2. The minimum absolute atomic E-state index is 0.0733. The molecule has 0 unspecified atom stereocenters. The van der Waals surface area contributed by atoms with Crippen molar-refractivity contribution in [2.75, 3.05) is 18.0 Å². The molecular weight excluding hydrogens is 414 g/mol. The van der Waals surface area contributed by atoms with Gasteiger partial charge in [0.1, 0.15) is 23.1 Å². The summed E-state index contributed by atoms with van der Waals surface area (Å²) < 4.78 is 32.8. The third-order valence-corrected chi connectivity index (χ3v) is 5.10. The number of rotatable bonds is 4. The first-order chi connectivity index (χ1) is 15.7. The van der Waals surface area contributed by atoms with Crippen LogP contribution >= 0.6 is 0 Å². The van der Waals surface area contributed by atoms with E-state index in [1.54, 1.807) is 24.8 Å². The average Bonchev–Trinajstić information content (AvgIpc) is 3.37. The molecule has 166 valence electrons. The van der Waals surface area contributed by atoms with Gasteiger partial charge in [-0.05, 0) is 18.2 Å². The zero-order chi connectivity index (χ0) is 22.5. The van der Waals surface area contributed by atoms with Crippen LogP contribution in [0.5, 0.6) is 5.75 Å². The highest BCUT2D eigenvalue weighted by Crippen LogP contribution is 2.30. The first kappa shape index (κ1) is 21.6. The van der Waals surface area contributed by atoms with Gasteiger partial charge in [-0.2, -0.15) is 0 Å². The van der Waals surface area contributed by atoms with Gasteiger partial charge in [-0.1, -0.05) is 13.8 Å². The van der Waals surface area contributed by atoms with Crippen LogP contribution in [0.4, 0.5) is 14.6 Å². The number of imidazole rings is 1. The molecule has 5 rings (SSSR count). The predicted octanol–water partition coefficient (Wildman–Crippen LogP) is 4.77. The summed E-state index contributed by atoms with van der Waals surface area (Å²) >= 11 is 0. The Kier molecular flexibility index (Phi) is 6.53. The minimum atomic E-state index is -0.688. The maximum Gasteiger partial charge on any atom is 0.167 e. The molecule has 7 nitrogen and oxygen atoms in total. The van der Waals surface area contributed by atoms with Crippen molar-refractivity contribution >= 4 is 16.9 Å². The number of benzene rings is 1. The molecule has 1 N–H and O–H groups in total. The lowest BCUT2D eigenvalue weighted by atomic mass is 10.1. The second kappa shape index (κ2) is 9.67. The van der Waals surface area contributed by atoms with Gasteiger partial charge in [0.25, 0.3) is 0 Å². The van der Waals surface area contributed by atoms with Crippen LogP contribution in [0.1, 0.15) is 26.7 Å². The molecule has 0 atom stereocenters. The molecule has 1 aliphatic heterocycles. The molecule has 1 aliphatic rings. The zero-order valence-corrected chi connectivity index (χ0v) is 17.9. The van der Waals surface area contributed by atoms with Crippen molar-refractivity contribution in [2.45, 2.75) is 32.8 Å². The van der Waals surface area contributed by atoms with Gasteiger partial charge in [0.15, 0.2) is 23.2 Å². The fourth-order valence-electron chi connectivity index (χ4n) is 3.61. The number of H-pyrrole nitrogens is 1. The molecule has 1 fully saturated rings. The summed E-state index contributed by atoms with van der Waals surface area (Å²) in [5.74, 6) is 0.130. The largest absolute Gasteiger partial charge is 0.487 e. The summed E-state index contributed by atoms with van der Waals surface area (Å²) in [5, 5.41) is 0. The third-order valence-electron chi connectivity index (χ3n) is 5.10. The topological polar surface area (TPSA) is 79.8 Å². The number of hydrogen-bond donors (Lipinski definition) is 1. The molecule has 0 spiro atoms. The number of hydrogen-bond acceptors (Lipinski definition) is 6. The average molecular weight is 438 g/mol. The molecule has 3 aromatic heterocycles. The first-order valence-corrected chi connectivity index (χ1v) is 10.7. The van der Waals surface area contributed by atoms with Crippen molar-refractivity contribution < 1.29 is 13.5 Å². The Bertz CT molecular complexity index is 1180. The molecule has 4 heterocycles. The Labute approximate surface area is 184 Å². The second-order valence-corrected chi connectivity index (χ2v) is 7.08. The van der Waals surface area contributed by atoms with Crippen LogP contribution in [0.2, 0.25) is 0 Å². The molecule has 4 aromatic rings. The molecule has 0 aliphatic carbocycles. The first-order valence-electron chi connectivity index (χ1n) is 10.7. The predicted molar refractivity (Wildman–Crippen MR) is 118 cm³/mol. The number of ether oxygens (including phenoxy) is 1. The molecule has 9 heteroatoms. The van der Waals surface area contributed by atoms with E-state index in [4.69, 9.17) is 14.7 Å². The molecule has 0 amide bonds. The number of aromatic nitrogens is 5. The van der Waals surface area contributed by atoms with Gasteiger partial charge >= 0.3 is 0 Å². The Morgan fingerprint density at radius 1 is 1.03 bits per heavy atom. The summed E-state index contributed by atoms with van der Waals surface area (Å²) in [7, 11) is 0. The van der Waals surface area contributed by atoms with Gasteiger partial charge < -0.3 is 14.6 Å². The number of nitrogens with zero attached hydrogens (tertiary/aromatic N) is 5. The fraction of sp³-hybridized carbons (Fsp3) is 0.304. The zero-order valence-electron chi connectivity index (χ0n) is 17.9. The Hall–Kier alpha value is -3.62. The number of halogens is 2. The SMILES string of the molecule is CC.Fc1ccc(OC2CCN(c3nc4ccncc4nc3-c3ncc[nH]3)CC2)c(F)c1. The van der Waals surface area contributed by atoms with Crippen molar-refractivity contribution in [3.8, 4) is 17.3 Å². The van der Waals surface area contributed by atoms with Crippen LogP contribution in [-0.4, -0.2) is 44.1 Å². The number of anilines is 1. The number of nitrogens with one attached hydrogen (secondary N) is 1. The smallest absolute Gasteiger partial charge is 0.167 e. The molecule has 32 heavy (non-hydrogen) atoms. The highest BCUT2D eigenvalue weighted by atomic mass is 19.1. The van der Waals surface area contributed by atoms with E-state index in [9.17, 15) is 8.78 Å². The van der Waals surface area contributed by atoms with Gasteiger partial charge in [0.2, 0.25) is 0 Å². The van der Waals surface area contributed by atoms with Crippen molar-refractivity contribution in [1.82, 2.24) is 24.9 Å². The van der Waals surface area contributed by atoms with Gasteiger partial charge in [-0.25, -0.2) is 23.7 Å². The van der Waals surface area contributed by atoms with Crippen molar-refractivity contribution in [3.05, 3.63) is 60.7 Å². The highest BCUT2D eigenvalue weighted by molar-refractivity contribution is 5.81. The van der Waals surface area contributed by atoms with Crippen LogP contribution in [-0.2, 0) is 0 Å². The Morgan fingerprint density at radius 2 is 1.84 bits per heavy atom. The van der Waals surface area contributed by atoms with Crippen LogP contribution in [0.15, 0.2) is 49.1 Å². The maximum absolute atomic E-state index is 13.9. The number of fused-ring (bicyclic) bond motifs is 1. The minimum Gasteiger partial charge on any atom is -0.487 e. The van der Waals surface area contributed by atoms with Crippen molar-refractivity contribution in [3.63, 3.8) is 0 Å². The van der Waals surface area contributed by atoms with Crippen LogP contribution in [0, 0.1) is 11.6 Å². The third kappa shape index (κ3) is 4.51. The molecule has 0 radical (unpaired) electrons. The molecular formula is C23H24F2N6O. The molecule has 1 saturated heterocycles. The number of piperidine rings is 1. The van der Waals surface area contributed by atoms with Gasteiger partial charge in [-0.3, -0.25) is 4.98 Å². The van der Waals surface area contributed by atoms with E-state index in [0.717, 1.165) is 17.4 Å². The van der Waals surface area contributed by atoms with E-state index >= 15 is 0 Å². The Balaban J connectivity index is 0.00000119. The van der Waals surface area contributed by atoms with E-state index in [1.165, 1.54) is 12.1 Å².